The van der Waals surface area contributed by atoms with Crippen molar-refractivity contribution in [2.75, 3.05) is 5.32 Å². The molecule has 1 aromatic carbocycles. The first kappa shape index (κ1) is 19.6. The lowest BCUT2D eigenvalue weighted by Gasteiger charge is -2.12. The lowest BCUT2D eigenvalue weighted by molar-refractivity contribution is -0.141. The second-order valence-corrected chi connectivity index (χ2v) is 6.60. The third kappa shape index (κ3) is 4.80. The number of alkyl halides is 3. The summed E-state index contributed by atoms with van der Waals surface area (Å²) < 4.78 is 41.9. The SMILES string of the molecule is FC(F)(F)c1cc(NCc2cccc(Cn3ccnc3)c2)nc(-c2ccncc2)n1. The molecule has 0 saturated carbocycles. The van der Waals surface area contributed by atoms with Crippen LogP contribution in [0.1, 0.15) is 16.8 Å². The van der Waals surface area contributed by atoms with Crippen LogP contribution in [0.5, 0.6) is 0 Å². The van der Waals surface area contributed by atoms with Crippen molar-refractivity contribution in [3.8, 4) is 11.4 Å². The number of imidazole rings is 1. The Labute approximate surface area is 170 Å². The maximum Gasteiger partial charge on any atom is 0.433 e. The number of rotatable bonds is 6. The third-order valence-corrected chi connectivity index (χ3v) is 4.34. The molecule has 0 spiro atoms. The van der Waals surface area contributed by atoms with Crippen molar-refractivity contribution < 1.29 is 13.2 Å². The zero-order valence-corrected chi connectivity index (χ0v) is 15.7. The molecule has 152 valence electrons. The van der Waals surface area contributed by atoms with Crippen LogP contribution in [0.4, 0.5) is 19.0 Å². The highest BCUT2D eigenvalue weighted by Crippen LogP contribution is 2.30. The van der Waals surface area contributed by atoms with Crippen molar-refractivity contribution in [2.45, 2.75) is 19.3 Å². The van der Waals surface area contributed by atoms with Crippen LogP contribution in [0.2, 0.25) is 0 Å². The van der Waals surface area contributed by atoms with Gasteiger partial charge in [0.15, 0.2) is 11.5 Å². The molecule has 9 heteroatoms. The van der Waals surface area contributed by atoms with Gasteiger partial charge >= 0.3 is 6.18 Å². The zero-order chi connectivity index (χ0) is 21.0. The van der Waals surface area contributed by atoms with E-state index < -0.39 is 11.9 Å². The summed E-state index contributed by atoms with van der Waals surface area (Å²) in [6.45, 7) is 0.980. The van der Waals surface area contributed by atoms with Gasteiger partial charge in [0.1, 0.15) is 5.82 Å². The summed E-state index contributed by atoms with van der Waals surface area (Å²) in [5, 5.41) is 2.98. The molecule has 0 fully saturated rings. The van der Waals surface area contributed by atoms with E-state index in [4.69, 9.17) is 0 Å². The summed E-state index contributed by atoms with van der Waals surface area (Å²) in [5.74, 6) is 0.0905. The molecule has 0 atom stereocenters. The van der Waals surface area contributed by atoms with Crippen LogP contribution in [0.25, 0.3) is 11.4 Å². The van der Waals surface area contributed by atoms with E-state index in [1.165, 1.54) is 12.4 Å². The van der Waals surface area contributed by atoms with E-state index in [2.05, 4.69) is 25.3 Å². The molecular weight excluding hydrogens is 393 g/mol. The lowest BCUT2D eigenvalue weighted by atomic mass is 10.1. The fraction of sp³-hybridized carbons (Fsp3) is 0.143. The summed E-state index contributed by atoms with van der Waals surface area (Å²) in [6, 6.07) is 11.8. The Hall–Kier alpha value is -3.75. The number of pyridine rings is 1. The largest absolute Gasteiger partial charge is 0.433 e. The normalized spacial score (nSPS) is 11.4. The van der Waals surface area contributed by atoms with E-state index in [0.29, 0.717) is 18.7 Å². The van der Waals surface area contributed by atoms with E-state index in [-0.39, 0.29) is 11.6 Å². The van der Waals surface area contributed by atoms with Gasteiger partial charge in [0.25, 0.3) is 0 Å². The van der Waals surface area contributed by atoms with Crippen LogP contribution in [-0.4, -0.2) is 24.5 Å². The fourth-order valence-corrected chi connectivity index (χ4v) is 2.93. The van der Waals surface area contributed by atoms with Gasteiger partial charge in [0.05, 0.1) is 6.33 Å². The molecular formula is C21H17F3N6. The number of anilines is 1. The van der Waals surface area contributed by atoms with Gasteiger partial charge in [0, 0.05) is 49.5 Å². The molecule has 1 N–H and O–H groups in total. The summed E-state index contributed by atoms with van der Waals surface area (Å²) in [7, 11) is 0. The molecule has 6 nitrogen and oxygen atoms in total. The molecule has 30 heavy (non-hydrogen) atoms. The van der Waals surface area contributed by atoms with Gasteiger partial charge in [-0.15, -0.1) is 0 Å². The lowest BCUT2D eigenvalue weighted by Crippen LogP contribution is -2.12. The van der Waals surface area contributed by atoms with Crippen LogP contribution in [0.15, 0.2) is 73.6 Å². The van der Waals surface area contributed by atoms with Gasteiger partial charge in [-0.05, 0) is 23.3 Å². The first-order valence-corrected chi connectivity index (χ1v) is 9.11. The fourth-order valence-electron chi connectivity index (χ4n) is 2.93. The highest BCUT2D eigenvalue weighted by atomic mass is 19.4. The van der Waals surface area contributed by atoms with Gasteiger partial charge in [-0.25, -0.2) is 15.0 Å². The number of aromatic nitrogens is 5. The van der Waals surface area contributed by atoms with E-state index in [1.807, 2.05) is 35.0 Å². The molecule has 0 aliphatic rings. The Morgan fingerprint density at radius 2 is 1.70 bits per heavy atom. The molecule has 4 aromatic rings. The minimum atomic E-state index is -4.58. The van der Waals surface area contributed by atoms with Crippen LogP contribution in [0, 0.1) is 0 Å². The third-order valence-electron chi connectivity index (χ3n) is 4.34. The Balaban J connectivity index is 1.56. The summed E-state index contributed by atoms with van der Waals surface area (Å²) in [4.78, 5) is 15.8. The average Bonchev–Trinajstić information content (AvgIpc) is 3.25. The molecule has 4 rings (SSSR count). The Bertz CT molecular complexity index is 1110. The number of hydrogen-bond acceptors (Lipinski definition) is 5. The van der Waals surface area contributed by atoms with Crippen LogP contribution in [0.3, 0.4) is 0 Å². The quantitative estimate of drug-likeness (QED) is 0.510. The Kier molecular flexibility index (Phi) is 5.42. The summed E-state index contributed by atoms with van der Waals surface area (Å²) >= 11 is 0. The van der Waals surface area contributed by atoms with Gasteiger partial charge in [0.2, 0.25) is 0 Å². The first-order valence-electron chi connectivity index (χ1n) is 9.11. The molecule has 0 unspecified atom stereocenters. The smallest absolute Gasteiger partial charge is 0.366 e. The van der Waals surface area contributed by atoms with Crippen LogP contribution >= 0.6 is 0 Å². The Morgan fingerprint density at radius 3 is 2.43 bits per heavy atom. The van der Waals surface area contributed by atoms with Crippen LogP contribution < -0.4 is 5.32 Å². The standard InChI is InChI=1S/C21H17F3N6/c22-21(23,24)18-11-19(29-20(28-18)17-4-6-25-7-5-17)27-12-15-2-1-3-16(10-15)13-30-9-8-26-14-30/h1-11,14H,12-13H2,(H,27,28,29). The minimum Gasteiger partial charge on any atom is -0.366 e. The Morgan fingerprint density at radius 1 is 0.900 bits per heavy atom. The topological polar surface area (TPSA) is 68.5 Å². The molecule has 3 heterocycles. The average molecular weight is 410 g/mol. The van der Waals surface area contributed by atoms with E-state index in [0.717, 1.165) is 17.2 Å². The zero-order valence-electron chi connectivity index (χ0n) is 15.7. The van der Waals surface area contributed by atoms with E-state index in [1.54, 1.807) is 24.7 Å². The molecule has 0 aliphatic carbocycles. The molecule has 0 amide bonds. The van der Waals surface area contributed by atoms with Crippen molar-refractivity contribution in [1.29, 1.82) is 0 Å². The van der Waals surface area contributed by atoms with Crippen molar-refractivity contribution in [3.05, 3.63) is 90.4 Å². The predicted molar refractivity (Wildman–Crippen MR) is 105 cm³/mol. The number of hydrogen-bond donors (Lipinski definition) is 1. The highest BCUT2D eigenvalue weighted by molar-refractivity contribution is 5.57. The minimum absolute atomic E-state index is 0.0106. The molecule has 0 saturated heterocycles. The number of nitrogens with zero attached hydrogens (tertiary/aromatic N) is 5. The van der Waals surface area contributed by atoms with Crippen molar-refractivity contribution in [3.63, 3.8) is 0 Å². The maximum atomic E-state index is 13.3. The van der Waals surface area contributed by atoms with E-state index in [9.17, 15) is 13.2 Å². The second-order valence-electron chi connectivity index (χ2n) is 6.60. The summed E-state index contributed by atoms with van der Waals surface area (Å²) in [6.07, 6.45) is 3.69. The van der Waals surface area contributed by atoms with Crippen LogP contribution in [-0.2, 0) is 19.3 Å². The van der Waals surface area contributed by atoms with Crippen molar-refractivity contribution in [2.24, 2.45) is 0 Å². The van der Waals surface area contributed by atoms with Gasteiger partial charge in [-0.2, -0.15) is 13.2 Å². The number of halogens is 3. The first-order chi connectivity index (χ1) is 14.5. The van der Waals surface area contributed by atoms with Gasteiger partial charge in [-0.3, -0.25) is 4.98 Å². The van der Waals surface area contributed by atoms with Crippen molar-refractivity contribution >= 4 is 5.82 Å². The molecule has 0 radical (unpaired) electrons. The maximum absolute atomic E-state index is 13.3. The van der Waals surface area contributed by atoms with Gasteiger partial charge in [-0.1, -0.05) is 24.3 Å². The van der Waals surface area contributed by atoms with Gasteiger partial charge < -0.3 is 9.88 Å². The van der Waals surface area contributed by atoms with E-state index >= 15 is 0 Å². The second kappa shape index (κ2) is 8.32. The summed E-state index contributed by atoms with van der Waals surface area (Å²) in [5.41, 5.74) is 1.44. The molecule has 0 aliphatic heterocycles. The number of nitrogens with one attached hydrogen (secondary N) is 1. The molecule has 0 bridgehead atoms. The number of benzene rings is 1. The van der Waals surface area contributed by atoms with Crippen molar-refractivity contribution in [1.82, 2.24) is 24.5 Å². The predicted octanol–water partition coefficient (Wildman–Crippen LogP) is 4.41. The highest BCUT2D eigenvalue weighted by Gasteiger charge is 2.33. The monoisotopic (exact) mass is 410 g/mol. The molecule has 3 aromatic heterocycles.